The Kier molecular flexibility index (Phi) is 7.19. The van der Waals surface area contributed by atoms with Gasteiger partial charge in [0.2, 0.25) is 5.91 Å². The van der Waals surface area contributed by atoms with Crippen molar-refractivity contribution in [2.75, 3.05) is 37.4 Å². The Labute approximate surface area is 170 Å². The number of carbonyl (C=O) groups is 2. The SMILES string of the molecule is COCCCNC(=O)c1ccc(NCC(=O)Nc2ccc3ccccc3c2)cc1. The van der Waals surface area contributed by atoms with E-state index in [0.717, 1.165) is 28.6 Å². The number of methoxy groups -OCH3 is 1. The van der Waals surface area contributed by atoms with E-state index in [1.807, 2.05) is 42.5 Å². The first-order valence-corrected chi connectivity index (χ1v) is 9.55. The molecule has 0 heterocycles. The molecule has 3 aromatic rings. The first-order chi connectivity index (χ1) is 14.2. The molecular weight excluding hydrogens is 366 g/mol. The number of hydrogen-bond acceptors (Lipinski definition) is 4. The Morgan fingerprint density at radius 2 is 1.62 bits per heavy atom. The van der Waals surface area contributed by atoms with Crippen LogP contribution in [0.4, 0.5) is 11.4 Å². The Bertz CT molecular complexity index is 971. The standard InChI is InChI=1S/C23H25N3O3/c1-29-14-4-13-24-23(28)18-8-10-20(11-9-18)25-16-22(27)26-21-12-7-17-5-2-3-6-19(17)15-21/h2-3,5-12,15,25H,4,13-14,16H2,1H3,(H,24,28)(H,26,27). The van der Waals surface area contributed by atoms with Crippen molar-refractivity contribution >= 4 is 34.0 Å². The normalized spacial score (nSPS) is 10.5. The molecule has 0 unspecified atom stereocenters. The lowest BCUT2D eigenvalue weighted by Gasteiger charge is -2.10. The van der Waals surface area contributed by atoms with Gasteiger partial charge in [0.05, 0.1) is 6.54 Å². The van der Waals surface area contributed by atoms with Crippen LogP contribution < -0.4 is 16.0 Å². The molecule has 3 aromatic carbocycles. The van der Waals surface area contributed by atoms with Crippen LogP contribution in [0.3, 0.4) is 0 Å². The average Bonchev–Trinajstić information content (AvgIpc) is 2.75. The van der Waals surface area contributed by atoms with Gasteiger partial charge in [-0.3, -0.25) is 9.59 Å². The van der Waals surface area contributed by atoms with Crippen LogP contribution in [0.5, 0.6) is 0 Å². The average molecular weight is 391 g/mol. The minimum Gasteiger partial charge on any atom is -0.385 e. The summed E-state index contributed by atoms with van der Waals surface area (Å²) in [5, 5.41) is 11.0. The summed E-state index contributed by atoms with van der Waals surface area (Å²) in [6.07, 6.45) is 0.772. The van der Waals surface area contributed by atoms with E-state index in [-0.39, 0.29) is 18.4 Å². The number of anilines is 2. The molecule has 0 saturated heterocycles. The van der Waals surface area contributed by atoms with Crippen LogP contribution in [0.15, 0.2) is 66.7 Å². The molecule has 6 heteroatoms. The Balaban J connectivity index is 1.47. The van der Waals surface area contributed by atoms with Crippen LogP contribution in [0.2, 0.25) is 0 Å². The second-order valence-electron chi connectivity index (χ2n) is 6.64. The van der Waals surface area contributed by atoms with Gasteiger partial charge in [-0.05, 0) is 53.6 Å². The van der Waals surface area contributed by atoms with Crippen LogP contribution in [0.1, 0.15) is 16.8 Å². The molecule has 0 aliphatic rings. The van der Waals surface area contributed by atoms with Gasteiger partial charge in [-0.1, -0.05) is 30.3 Å². The summed E-state index contributed by atoms with van der Waals surface area (Å²) < 4.78 is 4.96. The Morgan fingerprint density at radius 1 is 0.897 bits per heavy atom. The molecule has 0 fully saturated rings. The number of ether oxygens (including phenoxy) is 1. The zero-order chi connectivity index (χ0) is 20.5. The van der Waals surface area contributed by atoms with Gasteiger partial charge in [0, 0.05) is 37.2 Å². The van der Waals surface area contributed by atoms with Gasteiger partial charge < -0.3 is 20.7 Å². The number of rotatable bonds is 9. The quantitative estimate of drug-likeness (QED) is 0.487. The van der Waals surface area contributed by atoms with Crippen molar-refractivity contribution in [3.8, 4) is 0 Å². The Hall–Kier alpha value is -3.38. The maximum atomic E-state index is 12.2. The first-order valence-electron chi connectivity index (χ1n) is 9.55. The molecule has 0 aliphatic carbocycles. The van der Waals surface area contributed by atoms with Gasteiger partial charge in [0.15, 0.2) is 0 Å². The van der Waals surface area contributed by atoms with Gasteiger partial charge in [-0.2, -0.15) is 0 Å². The number of hydrogen-bond donors (Lipinski definition) is 3. The first kappa shape index (κ1) is 20.4. The molecule has 0 saturated carbocycles. The predicted molar refractivity (Wildman–Crippen MR) is 116 cm³/mol. The summed E-state index contributed by atoms with van der Waals surface area (Å²) in [6.45, 7) is 1.32. The van der Waals surface area contributed by atoms with Gasteiger partial charge in [0.1, 0.15) is 0 Å². The minimum atomic E-state index is -0.139. The van der Waals surface area contributed by atoms with Gasteiger partial charge in [-0.15, -0.1) is 0 Å². The number of carbonyl (C=O) groups excluding carboxylic acids is 2. The van der Waals surface area contributed by atoms with Crippen molar-refractivity contribution in [3.63, 3.8) is 0 Å². The fraction of sp³-hybridized carbons (Fsp3) is 0.217. The predicted octanol–water partition coefficient (Wildman–Crippen LogP) is 3.66. The van der Waals surface area contributed by atoms with Crippen molar-refractivity contribution < 1.29 is 14.3 Å². The van der Waals surface area contributed by atoms with Crippen LogP contribution in [-0.2, 0) is 9.53 Å². The zero-order valence-electron chi connectivity index (χ0n) is 16.4. The number of amides is 2. The van der Waals surface area contributed by atoms with Crippen molar-refractivity contribution in [2.45, 2.75) is 6.42 Å². The largest absolute Gasteiger partial charge is 0.385 e. The van der Waals surface area contributed by atoms with E-state index >= 15 is 0 Å². The van der Waals surface area contributed by atoms with Crippen LogP contribution in [-0.4, -0.2) is 38.6 Å². The van der Waals surface area contributed by atoms with E-state index in [0.29, 0.717) is 18.7 Å². The minimum absolute atomic E-state index is 0.123. The van der Waals surface area contributed by atoms with Gasteiger partial charge in [0.25, 0.3) is 5.91 Å². The highest BCUT2D eigenvalue weighted by Gasteiger charge is 2.06. The van der Waals surface area contributed by atoms with Crippen LogP contribution in [0, 0.1) is 0 Å². The molecule has 0 atom stereocenters. The smallest absolute Gasteiger partial charge is 0.251 e. The van der Waals surface area contributed by atoms with Crippen molar-refractivity contribution in [2.24, 2.45) is 0 Å². The Morgan fingerprint density at radius 3 is 2.38 bits per heavy atom. The molecule has 2 amide bonds. The summed E-state index contributed by atoms with van der Waals surface area (Å²) in [6, 6.07) is 20.9. The lowest BCUT2D eigenvalue weighted by atomic mass is 10.1. The van der Waals surface area contributed by atoms with Gasteiger partial charge in [-0.25, -0.2) is 0 Å². The van der Waals surface area contributed by atoms with E-state index in [9.17, 15) is 9.59 Å². The molecule has 150 valence electrons. The third kappa shape index (κ3) is 6.05. The lowest BCUT2D eigenvalue weighted by molar-refractivity contribution is -0.114. The number of nitrogens with one attached hydrogen (secondary N) is 3. The van der Waals surface area contributed by atoms with E-state index in [2.05, 4.69) is 16.0 Å². The molecule has 3 N–H and O–H groups in total. The van der Waals surface area contributed by atoms with E-state index < -0.39 is 0 Å². The number of benzene rings is 3. The van der Waals surface area contributed by atoms with E-state index in [1.165, 1.54) is 0 Å². The van der Waals surface area contributed by atoms with Crippen LogP contribution in [0.25, 0.3) is 10.8 Å². The molecular formula is C23H25N3O3. The summed E-state index contributed by atoms with van der Waals surface area (Å²) in [5.41, 5.74) is 2.11. The molecule has 29 heavy (non-hydrogen) atoms. The lowest BCUT2D eigenvalue weighted by Crippen LogP contribution is -2.25. The topological polar surface area (TPSA) is 79.5 Å². The highest BCUT2D eigenvalue weighted by atomic mass is 16.5. The fourth-order valence-electron chi connectivity index (χ4n) is 2.91. The molecule has 0 bridgehead atoms. The molecule has 3 rings (SSSR count). The van der Waals surface area contributed by atoms with Crippen molar-refractivity contribution in [1.82, 2.24) is 5.32 Å². The maximum Gasteiger partial charge on any atom is 0.251 e. The summed E-state index contributed by atoms with van der Waals surface area (Å²) in [5.74, 6) is -0.262. The monoisotopic (exact) mass is 391 g/mol. The third-order valence-corrected chi connectivity index (χ3v) is 4.44. The maximum absolute atomic E-state index is 12.2. The summed E-state index contributed by atoms with van der Waals surface area (Å²) >= 11 is 0. The number of fused-ring (bicyclic) bond motifs is 1. The van der Waals surface area contributed by atoms with Crippen molar-refractivity contribution in [3.05, 3.63) is 72.3 Å². The van der Waals surface area contributed by atoms with Crippen molar-refractivity contribution in [1.29, 1.82) is 0 Å². The molecule has 6 nitrogen and oxygen atoms in total. The van der Waals surface area contributed by atoms with Crippen LogP contribution >= 0.6 is 0 Å². The summed E-state index contributed by atoms with van der Waals surface area (Å²) in [7, 11) is 1.63. The molecule has 0 aliphatic heterocycles. The second kappa shape index (κ2) is 10.2. The molecule has 0 aromatic heterocycles. The van der Waals surface area contributed by atoms with E-state index in [4.69, 9.17) is 4.74 Å². The highest BCUT2D eigenvalue weighted by Crippen LogP contribution is 2.18. The van der Waals surface area contributed by atoms with Gasteiger partial charge >= 0.3 is 0 Å². The zero-order valence-corrected chi connectivity index (χ0v) is 16.4. The second-order valence-corrected chi connectivity index (χ2v) is 6.64. The van der Waals surface area contributed by atoms with E-state index in [1.54, 1.807) is 31.4 Å². The third-order valence-electron chi connectivity index (χ3n) is 4.44. The molecule has 0 radical (unpaired) electrons. The fourth-order valence-corrected chi connectivity index (χ4v) is 2.91. The summed E-state index contributed by atoms with van der Waals surface area (Å²) in [4.78, 5) is 24.3. The highest BCUT2D eigenvalue weighted by molar-refractivity contribution is 5.97. The molecule has 0 spiro atoms.